The van der Waals surface area contributed by atoms with E-state index in [1.54, 1.807) is 0 Å². The van der Waals surface area contributed by atoms with Crippen LogP contribution < -0.4 is 0 Å². The van der Waals surface area contributed by atoms with E-state index in [0.717, 1.165) is 17.2 Å². The molecule has 106 valence electrons. The fraction of sp³-hybridized carbons (Fsp3) is 0.588. The molecule has 1 aromatic heterocycles. The summed E-state index contributed by atoms with van der Waals surface area (Å²) in [5.74, 6) is 1.64. The summed E-state index contributed by atoms with van der Waals surface area (Å²) >= 11 is 0. The molecular formula is C17H28N2. The molecule has 0 spiro atoms. The number of imidazole rings is 1. The van der Waals surface area contributed by atoms with E-state index < -0.39 is 0 Å². The molecule has 0 aromatic carbocycles. The number of rotatable bonds is 8. The van der Waals surface area contributed by atoms with E-state index >= 15 is 0 Å². The minimum Gasteiger partial charge on any atom is -0.342 e. The maximum Gasteiger partial charge on any atom is 0.110 e. The number of aromatic amines is 1. The molecule has 1 N–H and O–H groups in total. The summed E-state index contributed by atoms with van der Waals surface area (Å²) < 4.78 is 0. The minimum absolute atomic E-state index is 0.514. The molecule has 0 radical (unpaired) electrons. The zero-order valence-corrected chi connectivity index (χ0v) is 12.9. The van der Waals surface area contributed by atoms with Gasteiger partial charge in [-0.25, -0.2) is 4.98 Å². The lowest BCUT2D eigenvalue weighted by molar-refractivity contribution is 0.565. The molecular weight excluding hydrogens is 232 g/mol. The van der Waals surface area contributed by atoms with Gasteiger partial charge in [-0.15, -0.1) is 0 Å². The molecule has 0 aliphatic rings. The number of H-pyrrole nitrogens is 1. The first-order chi connectivity index (χ1) is 9.22. The minimum atomic E-state index is 0.514. The Kier molecular flexibility index (Phi) is 7.24. The molecule has 1 unspecified atom stereocenters. The maximum atomic E-state index is 4.72. The highest BCUT2D eigenvalue weighted by Crippen LogP contribution is 2.22. The number of aromatic nitrogens is 2. The molecule has 2 heteroatoms. The molecule has 0 aliphatic heterocycles. The third kappa shape index (κ3) is 5.06. The Morgan fingerprint density at radius 1 is 1.11 bits per heavy atom. The Morgan fingerprint density at radius 3 is 2.47 bits per heavy atom. The molecule has 0 saturated carbocycles. The Morgan fingerprint density at radius 2 is 1.84 bits per heavy atom. The van der Waals surface area contributed by atoms with Crippen LogP contribution in [0.2, 0.25) is 0 Å². The summed E-state index contributed by atoms with van der Waals surface area (Å²) in [7, 11) is 0. The van der Waals surface area contributed by atoms with Crippen LogP contribution in [0.3, 0.4) is 0 Å². The SMILES string of the molecule is C/C=C\c1nc(C(C)CCCCCC)[nH]c1/C=C\C. The lowest BCUT2D eigenvalue weighted by atomic mass is 10.0. The fourth-order valence-corrected chi connectivity index (χ4v) is 2.25. The average molecular weight is 260 g/mol. The Labute approximate surface area is 118 Å². The van der Waals surface area contributed by atoms with Crippen molar-refractivity contribution in [1.29, 1.82) is 0 Å². The summed E-state index contributed by atoms with van der Waals surface area (Å²) in [5.41, 5.74) is 2.17. The molecule has 0 amide bonds. The van der Waals surface area contributed by atoms with E-state index in [1.807, 2.05) is 19.9 Å². The molecule has 0 bridgehead atoms. The molecule has 1 heterocycles. The van der Waals surface area contributed by atoms with Crippen LogP contribution in [0, 0.1) is 0 Å². The van der Waals surface area contributed by atoms with Gasteiger partial charge in [0.2, 0.25) is 0 Å². The van der Waals surface area contributed by atoms with Gasteiger partial charge in [-0.1, -0.05) is 51.7 Å². The fourth-order valence-electron chi connectivity index (χ4n) is 2.25. The van der Waals surface area contributed by atoms with Gasteiger partial charge < -0.3 is 4.98 Å². The van der Waals surface area contributed by atoms with E-state index in [9.17, 15) is 0 Å². The highest BCUT2D eigenvalue weighted by molar-refractivity contribution is 5.59. The van der Waals surface area contributed by atoms with Gasteiger partial charge >= 0.3 is 0 Å². The first-order valence-corrected chi connectivity index (χ1v) is 7.58. The number of hydrogen-bond acceptors (Lipinski definition) is 1. The zero-order valence-electron chi connectivity index (χ0n) is 12.9. The van der Waals surface area contributed by atoms with Crippen LogP contribution in [0.5, 0.6) is 0 Å². The van der Waals surface area contributed by atoms with Crippen molar-refractivity contribution in [3.05, 3.63) is 29.4 Å². The van der Waals surface area contributed by atoms with Crippen LogP contribution >= 0.6 is 0 Å². The second kappa shape index (κ2) is 8.73. The first-order valence-electron chi connectivity index (χ1n) is 7.58. The Bertz CT molecular complexity index is 383. The van der Waals surface area contributed by atoms with Gasteiger partial charge in [0, 0.05) is 5.92 Å². The largest absolute Gasteiger partial charge is 0.342 e. The Balaban J connectivity index is 2.69. The molecule has 2 nitrogen and oxygen atoms in total. The van der Waals surface area contributed by atoms with Gasteiger partial charge in [-0.2, -0.15) is 0 Å². The molecule has 0 fully saturated rings. The van der Waals surface area contributed by atoms with Crippen molar-refractivity contribution < 1.29 is 0 Å². The highest BCUT2D eigenvalue weighted by Gasteiger charge is 2.12. The Hall–Kier alpha value is -1.31. The van der Waals surface area contributed by atoms with Crippen LogP contribution in [-0.4, -0.2) is 9.97 Å². The second-order valence-corrected chi connectivity index (χ2v) is 5.17. The molecule has 1 rings (SSSR count). The quantitative estimate of drug-likeness (QED) is 0.610. The average Bonchev–Trinajstić information content (AvgIpc) is 2.79. The smallest absolute Gasteiger partial charge is 0.110 e. The third-order valence-corrected chi connectivity index (χ3v) is 3.39. The number of nitrogens with one attached hydrogen (secondary N) is 1. The maximum absolute atomic E-state index is 4.72. The van der Waals surface area contributed by atoms with Crippen LogP contribution in [0.25, 0.3) is 12.2 Å². The number of hydrogen-bond donors (Lipinski definition) is 1. The van der Waals surface area contributed by atoms with Gasteiger partial charge in [-0.05, 0) is 32.4 Å². The van der Waals surface area contributed by atoms with Crippen molar-refractivity contribution in [2.75, 3.05) is 0 Å². The van der Waals surface area contributed by atoms with Crippen molar-refractivity contribution in [3.8, 4) is 0 Å². The number of nitrogens with zero attached hydrogens (tertiary/aromatic N) is 1. The standard InChI is InChI=1S/C17H28N2/c1-5-8-9-10-13-14(4)17-18-15(11-6-2)16(19-17)12-7-3/h6-7,11-12,14H,5,8-10,13H2,1-4H3,(H,18,19)/b11-6-,12-7-. The van der Waals surface area contributed by atoms with Crippen LogP contribution in [-0.2, 0) is 0 Å². The van der Waals surface area contributed by atoms with Gasteiger partial charge in [0.05, 0.1) is 11.4 Å². The lowest BCUT2D eigenvalue weighted by Gasteiger charge is -2.07. The van der Waals surface area contributed by atoms with E-state index in [0.29, 0.717) is 5.92 Å². The molecule has 19 heavy (non-hydrogen) atoms. The summed E-state index contributed by atoms with van der Waals surface area (Å²) in [4.78, 5) is 8.18. The zero-order chi connectivity index (χ0) is 14.1. The van der Waals surface area contributed by atoms with Gasteiger partial charge in [0.25, 0.3) is 0 Å². The van der Waals surface area contributed by atoms with E-state index in [-0.39, 0.29) is 0 Å². The van der Waals surface area contributed by atoms with Crippen molar-refractivity contribution in [3.63, 3.8) is 0 Å². The topological polar surface area (TPSA) is 28.7 Å². The predicted octanol–water partition coefficient (Wildman–Crippen LogP) is 5.55. The summed E-state index contributed by atoms with van der Waals surface area (Å²) in [6.45, 7) is 8.59. The second-order valence-electron chi connectivity index (χ2n) is 5.17. The lowest BCUT2D eigenvalue weighted by Crippen LogP contribution is -1.96. The molecule has 1 aromatic rings. The summed E-state index contributed by atoms with van der Waals surface area (Å²) in [5, 5.41) is 0. The monoisotopic (exact) mass is 260 g/mol. The number of allylic oxidation sites excluding steroid dienone is 2. The predicted molar refractivity (Wildman–Crippen MR) is 85.2 cm³/mol. The highest BCUT2D eigenvalue weighted by atomic mass is 14.9. The van der Waals surface area contributed by atoms with E-state index in [2.05, 4.69) is 37.1 Å². The molecule has 0 saturated heterocycles. The summed E-state index contributed by atoms with van der Waals surface area (Å²) in [6.07, 6.45) is 14.8. The normalized spacial score (nSPS) is 13.7. The summed E-state index contributed by atoms with van der Waals surface area (Å²) in [6, 6.07) is 0. The first kappa shape index (κ1) is 15.7. The van der Waals surface area contributed by atoms with Crippen molar-refractivity contribution >= 4 is 12.2 Å². The molecule has 0 aliphatic carbocycles. The van der Waals surface area contributed by atoms with E-state index in [1.165, 1.54) is 32.1 Å². The number of unbranched alkanes of at least 4 members (excludes halogenated alkanes) is 3. The van der Waals surface area contributed by atoms with Gasteiger partial charge in [0.15, 0.2) is 0 Å². The van der Waals surface area contributed by atoms with Gasteiger partial charge in [-0.3, -0.25) is 0 Å². The third-order valence-electron chi connectivity index (χ3n) is 3.39. The van der Waals surface area contributed by atoms with Crippen molar-refractivity contribution in [2.45, 2.75) is 65.7 Å². The molecule has 1 atom stereocenters. The van der Waals surface area contributed by atoms with Crippen molar-refractivity contribution in [2.24, 2.45) is 0 Å². The van der Waals surface area contributed by atoms with Crippen LogP contribution in [0.1, 0.15) is 82.9 Å². The van der Waals surface area contributed by atoms with Crippen LogP contribution in [0.4, 0.5) is 0 Å². The van der Waals surface area contributed by atoms with Gasteiger partial charge in [0.1, 0.15) is 5.82 Å². The van der Waals surface area contributed by atoms with Crippen molar-refractivity contribution in [1.82, 2.24) is 9.97 Å². The van der Waals surface area contributed by atoms with E-state index in [4.69, 9.17) is 4.98 Å². The van der Waals surface area contributed by atoms with Crippen LogP contribution in [0.15, 0.2) is 12.2 Å².